The summed E-state index contributed by atoms with van der Waals surface area (Å²) >= 11 is 0. The third-order valence-electron chi connectivity index (χ3n) is 4.83. The van der Waals surface area contributed by atoms with Crippen molar-refractivity contribution in [2.75, 3.05) is 31.6 Å². The van der Waals surface area contributed by atoms with E-state index >= 15 is 0 Å². The molecule has 1 unspecified atom stereocenters. The van der Waals surface area contributed by atoms with Gasteiger partial charge in [0.15, 0.2) is 5.82 Å². The quantitative estimate of drug-likeness (QED) is 0.848. The highest BCUT2D eigenvalue weighted by Crippen LogP contribution is 2.29. The van der Waals surface area contributed by atoms with Gasteiger partial charge in [-0.1, -0.05) is 26.0 Å². The van der Waals surface area contributed by atoms with Crippen LogP contribution in [0.4, 0.5) is 5.82 Å². The van der Waals surface area contributed by atoms with E-state index in [9.17, 15) is 4.79 Å². The van der Waals surface area contributed by atoms with E-state index in [0.717, 1.165) is 48.8 Å². The first-order valence-electron chi connectivity index (χ1n) is 9.58. The van der Waals surface area contributed by atoms with Crippen LogP contribution in [0.5, 0.6) is 5.75 Å². The Balaban J connectivity index is 1.68. The number of nitrogens with zero attached hydrogens (tertiary/aromatic N) is 3. The summed E-state index contributed by atoms with van der Waals surface area (Å²) < 4.78 is 5.40. The summed E-state index contributed by atoms with van der Waals surface area (Å²) in [5, 5.41) is 11.9. The predicted molar refractivity (Wildman–Crippen MR) is 107 cm³/mol. The summed E-state index contributed by atoms with van der Waals surface area (Å²) in [4.78, 5) is 14.6. The Morgan fingerprint density at radius 2 is 2.07 bits per heavy atom. The van der Waals surface area contributed by atoms with Crippen LogP contribution in [0.3, 0.4) is 0 Å². The molecule has 144 valence electrons. The van der Waals surface area contributed by atoms with Crippen LogP contribution in [0.15, 0.2) is 36.4 Å². The van der Waals surface area contributed by atoms with Gasteiger partial charge in [0.25, 0.3) is 0 Å². The zero-order valence-corrected chi connectivity index (χ0v) is 16.3. The molecule has 1 aliphatic rings. The third-order valence-corrected chi connectivity index (χ3v) is 4.83. The number of para-hydroxylation sites is 1. The van der Waals surface area contributed by atoms with Crippen LogP contribution < -0.4 is 15.0 Å². The number of anilines is 1. The number of amides is 1. The normalized spacial score (nSPS) is 17.0. The van der Waals surface area contributed by atoms with Crippen LogP contribution in [0, 0.1) is 11.8 Å². The number of aromatic nitrogens is 2. The molecule has 6 nitrogen and oxygen atoms in total. The standard InChI is InChI=1S/C21H28N4O2/c1-15(2)13-22-21(26)16-7-6-12-25(14-16)20-11-10-18(23-24-20)17-8-4-5-9-19(17)27-3/h4-5,8-11,15-16H,6-7,12-14H2,1-3H3,(H,22,26). The minimum atomic E-state index is 0.00759. The Hall–Kier alpha value is -2.63. The highest BCUT2D eigenvalue weighted by molar-refractivity contribution is 5.79. The van der Waals surface area contributed by atoms with Crippen LogP contribution in [-0.2, 0) is 4.79 Å². The Labute approximate surface area is 160 Å². The average molecular weight is 368 g/mol. The predicted octanol–water partition coefficient (Wildman–Crippen LogP) is 3.14. The number of ether oxygens (including phenoxy) is 1. The van der Waals surface area contributed by atoms with E-state index in [1.165, 1.54) is 0 Å². The lowest BCUT2D eigenvalue weighted by atomic mass is 9.97. The molecule has 1 fully saturated rings. The molecule has 0 saturated carbocycles. The zero-order valence-electron chi connectivity index (χ0n) is 16.3. The van der Waals surface area contributed by atoms with E-state index in [2.05, 4.69) is 34.3 Å². The molecule has 3 rings (SSSR count). The van der Waals surface area contributed by atoms with Gasteiger partial charge in [-0.25, -0.2) is 0 Å². The highest BCUT2D eigenvalue weighted by Gasteiger charge is 2.26. The molecule has 0 spiro atoms. The van der Waals surface area contributed by atoms with Crippen LogP contribution in [-0.4, -0.2) is 42.8 Å². The lowest BCUT2D eigenvalue weighted by Gasteiger charge is -2.32. The van der Waals surface area contributed by atoms with Crippen LogP contribution >= 0.6 is 0 Å². The number of carbonyl (C=O) groups excluding carboxylic acids is 1. The van der Waals surface area contributed by atoms with E-state index in [0.29, 0.717) is 12.5 Å². The monoisotopic (exact) mass is 368 g/mol. The Kier molecular flexibility index (Phi) is 6.27. The largest absolute Gasteiger partial charge is 0.496 e. The Morgan fingerprint density at radius 1 is 1.26 bits per heavy atom. The molecule has 1 N–H and O–H groups in total. The first-order valence-corrected chi connectivity index (χ1v) is 9.58. The summed E-state index contributed by atoms with van der Waals surface area (Å²) in [5.74, 6) is 2.21. The summed E-state index contributed by atoms with van der Waals surface area (Å²) in [5.41, 5.74) is 1.70. The van der Waals surface area contributed by atoms with Crippen molar-refractivity contribution in [3.05, 3.63) is 36.4 Å². The lowest BCUT2D eigenvalue weighted by Crippen LogP contribution is -2.44. The number of benzene rings is 1. The molecular formula is C21H28N4O2. The van der Waals surface area contributed by atoms with Gasteiger partial charge in [0, 0.05) is 25.2 Å². The van der Waals surface area contributed by atoms with Crippen molar-refractivity contribution in [3.63, 3.8) is 0 Å². The van der Waals surface area contributed by atoms with Crippen molar-refractivity contribution in [2.45, 2.75) is 26.7 Å². The number of carbonyl (C=O) groups is 1. The first kappa shape index (κ1) is 19.1. The van der Waals surface area contributed by atoms with Crippen molar-refractivity contribution in [1.82, 2.24) is 15.5 Å². The molecule has 1 amide bonds. The van der Waals surface area contributed by atoms with Crippen molar-refractivity contribution in [1.29, 1.82) is 0 Å². The second-order valence-electron chi connectivity index (χ2n) is 7.40. The fourth-order valence-electron chi connectivity index (χ4n) is 3.34. The number of hydrogen-bond acceptors (Lipinski definition) is 5. The molecule has 0 aliphatic carbocycles. The maximum atomic E-state index is 12.4. The van der Waals surface area contributed by atoms with Gasteiger partial charge in [-0.15, -0.1) is 10.2 Å². The molecule has 1 aromatic carbocycles. The third kappa shape index (κ3) is 4.76. The molecule has 1 aromatic heterocycles. The number of rotatable bonds is 6. The van der Waals surface area contributed by atoms with Gasteiger partial charge in [0.2, 0.25) is 5.91 Å². The maximum Gasteiger partial charge on any atom is 0.224 e. The van der Waals surface area contributed by atoms with E-state index in [4.69, 9.17) is 4.74 Å². The van der Waals surface area contributed by atoms with Gasteiger partial charge in [-0.3, -0.25) is 4.79 Å². The molecule has 0 radical (unpaired) electrons. The maximum absolute atomic E-state index is 12.4. The van der Waals surface area contributed by atoms with E-state index in [1.807, 2.05) is 36.4 Å². The molecule has 2 heterocycles. The summed E-state index contributed by atoms with van der Waals surface area (Å²) in [6.07, 6.45) is 1.91. The van der Waals surface area contributed by atoms with Crippen LogP contribution in [0.1, 0.15) is 26.7 Å². The summed E-state index contributed by atoms with van der Waals surface area (Å²) in [7, 11) is 1.65. The van der Waals surface area contributed by atoms with Gasteiger partial charge in [0.1, 0.15) is 5.75 Å². The van der Waals surface area contributed by atoms with Gasteiger partial charge < -0.3 is 15.0 Å². The highest BCUT2D eigenvalue weighted by atomic mass is 16.5. The molecular weight excluding hydrogens is 340 g/mol. The van der Waals surface area contributed by atoms with Crippen molar-refractivity contribution >= 4 is 11.7 Å². The SMILES string of the molecule is COc1ccccc1-c1ccc(N2CCCC(C(=O)NCC(C)C)C2)nn1. The molecule has 0 bridgehead atoms. The number of nitrogens with one attached hydrogen (secondary N) is 1. The smallest absolute Gasteiger partial charge is 0.224 e. The molecule has 27 heavy (non-hydrogen) atoms. The Morgan fingerprint density at radius 3 is 2.78 bits per heavy atom. The number of methoxy groups -OCH3 is 1. The van der Waals surface area contributed by atoms with E-state index < -0.39 is 0 Å². The molecule has 2 aromatic rings. The summed E-state index contributed by atoms with van der Waals surface area (Å²) in [6, 6.07) is 11.7. The Bertz CT molecular complexity index is 761. The van der Waals surface area contributed by atoms with Gasteiger partial charge in [-0.2, -0.15) is 0 Å². The topological polar surface area (TPSA) is 67.3 Å². The molecule has 1 aliphatic heterocycles. The lowest BCUT2D eigenvalue weighted by molar-refractivity contribution is -0.125. The van der Waals surface area contributed by atoms with Crippen LogP contribution in [0.25, 0.3) is 11.3 Å². The van der Waals surface area contributed by atoms with Crippen molar-refractivity contribution < 1.29 is 9.53 Å². The first-order chi connectivity index (χ1) is 13.1. The fourth-order valence-corrected chi connectivity index (χ4v) is 3.34. The van der Waals surface area contributed by atoms with Crippen LogP contribution in [0.2, 0.25) is 0 Å². The second-order valence-corrected chi connectivity index (χ2v) is 7.40. The fraction of sp³-hybridized carbons (Fsp3) is 0.476. The molecule has 6 heteroatoms. The summed E-state index contributed by atoms with van der Waals surface area (Å²) in [6.45, 7) is 6.52. The second kappa shape index (κ2) is 8.84. The average Bonchev–Trinajstić information content (AvgIpc) is 2.72. The van der Waals surface area contributed by atoms with E-state index in [-0.39, 0.29) is 11.8 Å². The molecule has 1 atom stereocenters. The van der Waals surface area contributed by atoms with Gasteiger partial charge in [0.05, 0.1) is 18.7 Å². The minimum absolute atomic E-state index is 0.00759. The van der Waals surface area contributed by atoms with Gasteiger partial charge in [-0.05, 0) is 43.0 Å². The van der Waals surface area contributed by atoms with E-state index in [1.54, 1.807) is 7.11 Å². The number of hydrogen-bond donors (Lipinski definition) is 1. The zero-order chi connectivity index (χ0) is 19.2. The van der Waals surface area contributed by atoms with Crippen molar-refractivity contribution in [2.24, 2.45) is 11.8 Å². The van der Waals surface area contributed by atoms with Gasteiger partial charge >= 0.3 is 0 Å². The minimum Gasteiger partial charge on any atom is -0.496 e. The molecule has 1 saturated heterocycles. The van der Waals surface area contributed by atoms with Crippen molar-refractivity contribution in [3.8, 4) is 17.0 Å². The number of piperidine rings is 1.